The Balaban J connectivity index is 1.41. The first-order valence-corrected chi connectivity index (χ1v) is 12.2. The fraction of sp³-hybridized carbons (Fsp3) is 0.714. The summed E-state index contributed by atoms with van der Waals surface area (Å²) in [6, 6.07) is 8.88. The molecule has 1 aromatic carbocycles. The van der Waals surface area contributed by atoms with E-state index < -0.39 is 10.0 Å². The molecule has 6 nitrogen and oxygen atoms in total. The van der Waals surface area contributed by atoms with Crippen molar-refractivity contribution in [2.75, 3.05) is 50.0 Å². The normalized spacial score (nSPS) is 24.5. The molecule has 0 bridgehead atoms. The van der Waals surface area contributed by atoms with E-state index in [9.17, 15) is 8.42 Å². The molecule has 0 spiro atoms. The SMILES string of the molecule is CC(C)S(=O)(=O)NC1CCC(CNc2ccc(N3CCN(C)CC3)cc2)CC1. The minimum absolute atomic E-state index is 0.103. The molecule has 2 aliphatic rings. The van der Waals surface area contributed by atoms with E-state index >= 15 is 0 Å². The number of benzene rings is 1. The van der Waals surface area contributed by atoms with Crippen molar-refractivity contribution in [3.8, 4) is 0 Å². The van der Waals surface area contributed by atoms with Crippen LogP contribution in [-0.4, -0.2) is 64.4 Å². The van der Waals surface area contributed by atoms with Crippen LogP contribution < -0.4 is 14.9 Å². The van der Waals surface area contributed by atoms with Crippen LogP contribution in [0.15, 0.2) is 24.3 Å². The number of hydrogen-bond donors (Lipinski definition) is 2. The third kappa shape index (κ3) is 5.84. The zero-order valence-electron chi connectivity index (χ0n) is 17.5. The van der Waals surface area contributed by atoms with Crippen molar-refractivity contribution in [1.82, 2.24) is 9.62 Å². The van der Waals surface area contributed by atoms with Crippen molar-refractivity contribution in [1.29, 1.82) is 0 Å². The summed E-state index contributed by atoms with van der Waals surface area (Å²) in [5, 5.41) is 3.21. The van der Waals surface area contributed by atoms with Gasteiger partial charge in [0.1, 0.15) is 0 Å². The predicted octanol–water partition coefficient (Wildman–Crippen LogP) is 2.74. The van der Waals surface area contributed by atoms with Crippen LogP contribution in [0, 0.1) is 5.92 Å². The Hall–Kier alpha value is -1.31. The lowest BCUT2D eigenvalue weighted by Crippen LogP contribution is -2.44. The van der Waals surface area contributed by atoms with Crippen LogP contribution in [0.2, 0.25) is 0 Å². The van der Waals surface area contributed by atoms with Crippen molar-refractivity contribution in [2.45, 2.75) is 50.8 Å². The molecule has 0 unspecified atom stereocenters. The second kappa shape index (κ2) is 9.46. The van der Waals surface area contributed by atoms with Crippen LogP contribution in [0.1, 0.15) is 39.5 Å². The van der Waals surface area contributed by atoms with Crippen molar-refractivity contribution in [3.63, 3.8) is 0 Å². The highest BCUT2D eigenvalue weighted by atomic mass is 32.2. The predicted molar refractivity (Wildman–Crippen MR) is 118 cm³/mol. The molecule has 1 heterocycles. The second-order valence-corrected chi connectivity index (χ2v) is 10.9. The van der Waals surface area contributed by atoms with Crippen molar-refractivity contribution >= 4 is 21.4 Å². The maximum absolute atomic E-state index is 12.0. The van der Waals surface area contributed by atoms with Crippen LogP contribution in [0.3, 0.4) is 0 Å². The summed E-state index contributed by atoms with van der Waals surface area (Å²) in [7, 11) is -0.982. The van der Waals surface area contributed by atoms with Gasteiger partial charge in [-0.15, -0.1) is 0 Å². The molecule has 0 atom stereocenters. The Morgan fingerprint density at radius 2 is 1.61 bits per heavy atom. The monoisotopic (exact) mass is 408 g/mol. The zero-order valence-corrected chi connectivity index (χ0v) is 18.3. The van der Waals surface area contributed by atoms with Crippen molar-refractivity contribution in [2.24, 2.45) is 5.92 Å². The average molecular weight is 409 g/mol. The number of nitrogens with one attached hydrogen (secondary N) is 2. The number of piperazine rings is 1. The van der Waals surface area contributed by atoms with E-state index in [1.54, 1.807) is 13.8 Å². The lowest BCUT2D eigenvalue weighted by molar-refractivity contribution is 0.313. The maximum Gasteiger partial charge on any atom is 0.214 e. The summed E-state index contributed by atoms with van der Waals surface area (Å²) < 4.78 is 26.9. The van der Waals surface area contributed by atoms with Gasteiger partial charge in [0.15, 0.2) is 0 Å². The van der Waals surface area contributed by atoms with E-state index in [0.717, 1.165) is 58.4 Å². The number of anilines is 2. The highest BCUT2D eigenvalue weighted by Crippen LogP contribution is 2.26. The van der Waals surface area contributed by atoms with Crippen LogP contribution in [0.4, 0.5) is 11.4 Å². The molecule has 0 aromatic heterocycles. The summed E-state index contributed by atoms with van der Waals surface area (Å²) in [6.45, 7) is 8.84. The van der Waals surface area contributed by atoms with E-state index in [2.05, 4.69) is 51.2 Å². The van der Waals surface area contributed by atoms with Gasteiger partial charge >= 0.3 is 0 Å². The van der Waals surface area contributed by atoms with E-state index in [0.29, 0.717) is 5.92 Å². The lowest BCUT2D eigenvalue weighted by atomic mass is 9.86. The Morgan fingerprint density at radius 1 is 1.00 bits per heavy atom. The van der Waals surface area contributed by atoms with Crippen LogP contribution in [0.5, 0.6) is 0 Å². The fourth-order valence-corrected chi connectivity index (χ4v) is 4.94. The first kappa shape index (κ1) is 21.4. The summed E-state index contributed by atoms with van der Waals surface area (Å²) in [5.74, 6) is 0.608. The molecule has 1 saturated carbocycles. The quantitative estimate of drug-likeness (QED) is 0.726. The third-order valence-electron chi connectivity index (χ3n) is 6.13. The molecule has 3 rings (SSSR count). The number of likely N-dealkylation sites (N-methyl/N-ethyl adjacent to an activating group) is 1. The standard InChI is InChI=1S/C21H36N4O2S/c1-17(2)28(26,27)23-20-6-4-18(5-7-20)16-22-19-8-10-21(11-9-19)25-14-12-24(3)13-15-25/h8-11,17-18,20,22-23H,4-7,12-16H2,1-3H3. The molecule has 2 N–H and O–H groups in total. The molecular formula is C21H36N4O2S. The van der Waals surface area contributed by atoms with Crippen LogP contribution >= 0.6 is 0 Å². The summed E-state index contributed by atoms with van der Waals surface area (Å²) in [4.78, 5) is 4.82. The van der Waals surface area contributed by atoms with Gasteiger partial charge in [-0.25, -0.2) is 13.1 Å². The Kier molecular flexibility index (Phi) is 7.23. The first-order valence-electron chi connectivity index (χ1n) is 10.6. The molecule has 28 heavy (non-hydrogen) atoms. The highest BCUT2D eigenvalue weighted by molar-refractivity contribution is 7.90. The van der Waals surface area contributed by atoms with E-state index in [1.165, 1.54) is 11.4 Å². The molecule has 0 radical (unpaired) electrons. The Morgan fingerprint density at radius 3 is 2.18 bits per heavy atom. The van der Waals surface area contributed by atoms with E-state index in [-0.39, 0.29) is 11.3 Å². The fourth-order valence-electron chi connectivity index (χ4n) is 3.97. The highest BCUT2D eigenvalue weighted by Gasteiger charge is 2.26. The summed E-state index contributed by atoms with van der Waals surface area (Å²) in [5.41, 5.74) is 2.47. The van der Waals surface area contributed by atoms with Gasteiger partial charge in [0.2, 0.25) is 10.0 Å². The van der Waals surface area contributed by atoms with Gasteiger partial charge in [-0.3, -0.25) is 0 Å². The van der Waals surface area contributed by atoms with Crippen LogP contribution in [0.25, 0.3) is 0 Å². The summed E-state index contributed by atoms with van der Waals surface area (Å²) in [6.07, 6.45) is 4.00. The van der Waals surface area contributed by atoms with Crippen molar-refractivity contribution < 1.29 is 8.42 Å². The number of nitrogens with zero attached hydrogens (tertiary/aromatic N) is 2. The average Bonchev–Trinajstić information content (AvgIpc) is 2.68. The molecule has 1 aliphatic heterocycles. The first-order chi connectivity index (χ1) is 13.3. The second-order valence-electron chi connectivity index (χ2n) is 8.65. The van der Waals surface area contributed by atoms with Gasteiger partial charge in [0.25, 0.3) is 0 Å². The zero-order chi connectivity index (χ0) is 20.1. The minimum Gasteiger partial charge on any atom is -0.385 e. The van der Waals surface area contributed by atoms with Gasteiger partial charge in [0.05, 0.1) is 5.25 Å². The topological polar surface area (TPSA) is 64.7 Å². The molecule has 1 aromatic rings. The molecular weight excluding hydrogens is 372 g/mol. The number of hydrogen-bond acceptors (Lipinski definition) is 5. The third-order valence-corrected chi connectivity index (χ3v) is 8.03. The van der Waals surface area contributed by atoms with Gasteiger partial charge < -0.3 is 15.1 Å². The number of rotatable bonds is 7. The molecule has 1 aliphatic carbocycles. The smallest absolute Gasteiger partial charge is 0.214 e. The van der Waals surface area contributed by atoms with E-state index in [4.69, 9.17) is 0 Å². The minimum atomic E-state index is -3.16. The summed E-state index contributed by atoms with van der Waals surface area (Å²) >= 11 is 0. The Bertz CT molecular complexity index is 704. The van der Waals surface area contributed by atoms with Crippen LogP contribution in [-0.2, 0) is 10.0 Å². The Labute approximate surface area is 170 Å². The van der Waals surface area contributed by atoms with Gasteiger partial charge in [-0.1, -0.05) is 0 Å². The molecule has 0 amide bonds. The van der Waals surface area contributed by atoms with Gasteiger partial charge in [0, 0.05) is 50.1 Å². The molecule has 2 fully saturated rings. The van der Waals surface area contributed by atoms with Gasteiger partial charge in [-0.05, 0) is 76.8 Å². The number of sulfonamides is 1. The molecule has 7 heteroatoms. The maximum atomic E-state index is 12.0. The molecule has 158 valence electrons. The largest absolute Gasteiger partial charge is 0.385 e. The lowest BCUT2D eigenvalue weighted by Gasteiger charge is -2.34. The van der Waals surface area contributed by atoms with Gasteiger partial charge in [-0.2, -0.15) is 0 Å². The molecule has 1 saturated heterocycles. The van der Waals surface area contributed by atoms with Crippen molar-refractivity contribution in [3.05, 3.63) is 24.3 Å². The van der Waals surface area contributed by atoms with E-state index in [1.807, 2.05) is 0 Å².